The maximum atomic E-state index is 12.1. The van der Waals surface area contributed by atoms with Crippen LogP contribution in [0.5, 0.6) is 5.75 Å². The molecular weight excluding hydrogens is 396 g/mol. The lowest BCUT2D eigenvalue weighted by molar-refractivity contribution is -0.385. The number of nitrogens with one attached hydrogen (secondary N) is 1. The molecule has 0 radical (unpaired) electrons. The van der Waals surface area contributed by atoms with Crippen molar-refractivity contribution in [2.45, 2.75) is 20.0 Å². The van der Waals surface area contributed by atoms with Gasteiger partial charge in [0.25, 0.3) is 5.91 Å². The van der Waals surface area contributed by atoms with E-state index >= 15 is 0 Å². The molecule has 2 aromatic rings. The Morgan fingerprint density at radius 3 is 2.23 bits per heavy atom. The van der Waals surface area contributed by atoms with E-state index in [1.165, 1.54) is 36.4 Å². The Balaban J connectivity index is 2.00. The number of amides is 1. The van der Waals surface area contributed by atoms with Gasteiger partial charge in [0.15, 0.2) is 12.4 Å². The van der Waals surface area contributed by atoms with Crippen LogP contribution in [0.25, 0.3) is 0 Å². The Morgan fingerprint density at radius 1 is 1.03 bits per heavy atom. The maximum absolute atomic E-state index is 12.1. The minimum absolute atomic E-state index is 0.0166. The molecule has 1 amide bonds. The quantitative estimate of drug-likeness (QED) is 0.394. The SMILES string of the molecule is COC(=O)c1ccc(OCC(=O)Nc2ccc(C(=O)OC(C)C)cc2)c([N+](=O)[O-])c1. The summed E-state index contributed by atoms with van der Waals surface area (Å²) in [5.41, 5.74) is 0.246. The first kappa shape index (κ1) is 22.3. The zero-order valence-electron chi connectivity index (χ0n) is 16.5. The third kappa shape index (κ3) is 6.03. The van der Waals surface area contributed by atoms with E-state index in [0.29, 0.717) is 11.3 Å². The normalized spacial score (nSPS) is 10.3. The number of esters is 2. The van der Waals surface area contributed by atoms with Gasteiger partial charge < -0.3 is 19.5 Å². The minimum Gasteiger partial charge on any atom is -0.477 e. The molecular formula is C20H20N2O8. The average molecular weight is 416 g/mol. The van der Waals surface area contributed by atoms with Crippen molar-refractivity contribution in [3.63, 3.8) is 0 Å². The Labute approximate surface area is 171 Å². The van der Waals surface area contributed by atoms with Gasteiger partial charge in [0.2, 0.25) is 0 Å². The number of methoxy groups -OCH3 is 1. The summed E-state index contributed by atoms with van der Waals surface area (Å²) in [5.74, 6) is -1.95. The molecule has 0 aromatic heterocycles. The molecule has 0 atom stereocenters. The number of carbonyl (C=O) groups excluding carboxylic acids is 3. The molecule has 0 unspecified atom stereocenters. The molecule has 10 nitrogen and oxygen atoms in total. The van der Waals surface area contributed by atoms with Crippen molar-refractivity contribution >= 4 is 29.2 Å². The molecule has 0 saturated carbocycles. The lowest BCUT2D eigenvalue weighted by Gasteiger charge is -2.10. The Kier molecular flexibility index (Phi) is 7.45. The second-order valence-electron chi connectivity index (χ2n) is 6.30. The van der Waals surface area contributed by atoms with Crippen LogP contribution in [0, 0.1) is 10.1 Å². The maximum Gasteiger partial charge on any atom is 0.338 e. The van der Waals surface area contributed by atoms with E-state index < -0.39 is 35.1 Å². The lowest BCUT2D eigenvalue weighted by atomic mass is 10.2. The molecule has 10 heteroatoms. The fourth-order valence-corrected chi connectivity index (χ4v) is 2.34. The fraction of sp³-hybridized carbons (Fsp3) is 0.250. The molecule has 0 aliphatic heterocycles. The summed E-state index contributed by atoms with van der Waals surface area (Å²) in [4.78, 5) is 45.9. The lowest BCUT2D eigenvalue weighted by Crippen LogP contribution is -2.20. The fourth-order valence-electron chi connectivity index (χ4n) is 2.34. The second kappa shape index (κ2) is 10.0. The van der Waals surface area contributed by atoms with Gasteiger partial charge in [0.1, 0.15) is 0 Å². The van der Waals surface area contributed by atoms with Gasteiger partial charge in [-0.05, 0) is 50.2 Å². The summed E-state index contributed by atoms with van der Waals surface area (Å²) < 4.78 is 14.8. The smallest absolute Gasteiger partial charge is 0.338 e. The number of carbonyl (C=O) groups is 3. The van der Waals surface area contributed by atoms with Gasteiger partial charge in [-0.2, -0.15) is 0 Å². The van der Waals surface area contributed by atoms with Gasteiger partial charge in [0, 0.05) is 11.8 Å². The van der Waals surface area contributed by atoms with Gasteiger partial charge in [-0.1, -0.05) is 0 Å². The Bertz CT molecular complexity index is 954. The van der Waals surface area contributed by atoms with Crippen LogP contribution >= 0.6 is 0 Å². The molecule has 30 heavy (non-hydrogen) atoms. The number of hydrogen-bond acceptors (Lipinski definition) is 8. The summed E-state index contributed by atoms with van der Waals surface area (Å²) >= 11 is 0. The molecule has 0 fully saturated rings. The zero-order valence-corrected chi connectivity index (χ0v) is 16.5. The van der Waals surface area contributed by atoms with Gasteiger partial charge >= 0.3 is 17.6 Å². The first-order valence-corrected chi connectivity index (χ1v) is 8.81. The highest BCUT2D eigenvalue weighted by atomic mass is 16.6. The van der Waals surface area contributed by atoms with Gasteiger partial charge in [-0.3, -0.25) is 14.9 Å². The largest absolute Gasteiger partial charge is 0.477 e. The third-order valence-corrected chi connectivity index (χ3v) is 3.68. The number of nitro benzene ring substituents is 1. The van der Waals surface area contributed by atoms with Crippen LogP contribution < -0.4 is 10.1 Å². The van der Waals surface area contributed by atoms with Crippen LogP contribution in [0.15, 0.2) is 42.5 Å². The van der Waals surface area contributed by atoms with Crippen LogP contribution in [0.4, 0.5) is 11.4 Å². The summed E-state index contributed by atoms with van der Waals surface area (Å²) in [6, 6.07) is 9.54. The molecule has 0 aliphatic carbocycles. The van der Waals surface area contributed by atoms with Gasteiger partial charge in [0.05, 0.1) is 29.3 Å². The van der Waals surface area contributed by atoms with Crippen molar-refractivity contribution in [3.05, 3.63) is 63.7 Å². The molecule has 0 bridgehead atoms. The van der Waals surface area contributed by atoms with Crippen LogP contribution in [0.1, 0.15) is 34.6 Å². The highest BCUT2D eigenvalue weighted by Crippen LogP contribution is 2.28. The van der Waals surface area contributed by atoms with Crippen molar-refractivity contribution in [1.29, 1.82) is 0 Å². The zero-order chi connectivity index (χ0) is 22.3. The molecule has 0 aliphatic rings. The number of hydrogen-bond donors (Lipinski definition) is 1. The van der Waals surface area contributed by atoms with E-state index in [2.05, 4.69) is 10.1 Å². The van der Waals surface area contributed by atoms with E-state index in [9.17, 15) is 24.5 Å². The van der Waals surface area contributed by atoms with Crippen molar-refractivity contribution in [3.8, 4) is 5.75 Å². The molecule has 0 heterocycles. The van der Waals surface area contributed by atoms with Crippen molar-refractivity contribution in [1.82, 2.24) is 0 Å². The molecule has 0 saturated heterocycles. The monoisotopic (exact) mass is 416 g/mol. The van der Waals surface area contributed by atoms with Gasteiger partial charge in [-0.25, -0.2) is 9.59 Å². The molecule has 1 N–H and O–H groups in total. The first-order chi connectivity index (χ1) is 14.2. The number of nitro groups is 1. The molecule has 2 rings (SSSR count). The third-order valence-electron chi connectivity index (χ3n) is 3.68. The van der Waals surface area contributed by atoms with E-state index in [-0.39, 0.29) is 17.4 Å². The first-order valence-electron chi connectivity index (χ1n) is 8.81. The molecule has 158 valence electrons. The number of anilines is 1. The number of rotatable bonds is 8. The average Bonchev–Trinajstić information content (AvgIpc) is 2.71. The highest BCUT2D eigenvalue weighted by Gasteiger charge is 2.20. The van der Waals surface area contributed by atoms with Crippen LogP contribution in [-0.4, -0.2) is 42.6 Å². The number of nitrogens with zero attached hydrogens (tertiary/aromatic N) is 1. The van der Waals surface area contributed by atoms with E-state index in [0.717, 1.165) is 13.2 Å². The summed E-state index contributed by atoms with van der Waals surface area (Å²) in [5, 5.41) is 13.8. The standard InChI is InChI=1S/C20H20N2O8/c1-12(2)30-20(25)13-4-7-15(8-5-13)21-18(23)11-29-17-9-6-14(19(24)28-3)10-16(17)22(26)27/h4-10,12H,11H2,1-3H3,(H,21,23). The van der Waals surface area contributed by atoms with Crippen LogP contribution in [-0.2, 0) is 14.3 Å². The Morgan fingerprint density at radius 2 is 1.67 bits per heavy atom. The topological polar surface area (TPSA) is 134 Å². The Hall–Kier alpha value is -3.95. The van der Waals surface area contributed by atoms with E-state index in [4.69, 9.17) is 9.47 Å². The van der Waals surface area contributed by atoms with Crippen molar-refractivity contribution in [2.75, 3.05) is 19.0 Å². The van der Waals surface area contributed by atoms with Crippen LogP contribution in [0.3, 0.4) is 0 Å². The van der Waals surface area contributed by atoms with Gasteiger partial charge in [-0.15, -0.1) is 0 Å². The predicted octanol–water partition coefficient (Wildman–Crippen LogP) is 2.96. The van der Waals surface area contributed by atoms with Crippen molar-refractivity contribution < 1.29 is 33.5 Å². The summed E-state index contributed by atoms with van der Waals surface area (Å²) in [7, 11) is 1.16. The summed E-state index contributed by atoms with van der Waals surface area (Å²) in [6.45, 7) is 2.97. The van der Waals surface area contributed by atoms with Crippen LogP contribution in [0.2, 0.25) is 0 Å². The predicted molar refractivity (Wildman–Crippen MR) is 106 cm³/mol. The molecule has 0 spiro atoms. The molecule has 2 aromatic carbocycles. The van der Waals surface area contributed by atoms with Crippen molar-refractivity contribution in [2.24, 2.45) is 0 Å². The highest BCUT2D eigenvalue weighted by molar-refractivity contribution is 5.94. The number of ether oxygens (including phenoxy) is 3. The second-order valence-corrected chi connectivity index (χ2v) is 6.30. The number of benzene rings is 2. The van der Waals surface area contributed by atoms with E-state index in [1.807, 2.05) is 0 Å². The minimum atomic E-state index is -0.733. The van der Waals surface area contributed by atoms with E-state index in [1.54, 1.807) is 13.8 Å². The summed E-state index contributed by atoms with van der Waals surface area (Å²) in [6.07, 6.45) is -0.250.